The number of nitro benzene ring substituents is 1. The number of hydrogen-bond acceptors (Lipinski definition) is 3. The summed E-state index contributed by atoms with van der Waals surface area (Å²) in [5.74, 6) is 0. The van der Waals surface area contributed by atoms with Crippen LogP contribution in [0.1, 0.15) is 11.1 Å². The minimum atomic E-state index is -0.350. The second-order valence-electron chi connectivity index (χ2n) is 4.64. The second kappa shape index (κ2) is 6.02. The van der Waals surface area contributed by atoms with E-state index < -0.39 is 0 Å². The van der Waals surface area contributed by atoms with Crippen LogP contribution in [0.4, 0.5) is 11.4 Å². The highest BCUT2D eigenvalue weighted by molar-refractivity contribution is 5.75. The van der Waals surface area contributed by atoms with E-state index in [0.717, 1.165) is 11.3 Å². The number of nitro groups is 1. The van der Waals surface area contributed by atoms with E-state index >= 15 is 0 Å². The van der Waals surface area contributed by atoms with E-state index in [2.05, 4.69) is 0 Å². The van der Waals surface area contributed by atoms with Gasteiger partial charge >= 0.3 is 0 Å². The molecule has 0 fully saturated rings. The van der Waals surface area contributed by atoms with Gasteiger partial charge in [-0.25, -0.2) is 0 Å². The molecule has 0 radical (unpaired) electrons. The van der Waals surface area contributed by atoms with Crippen LogP contribution in [-0.4, -0.2) is 19.0 Å². The molecule has 4 nitrogen and oxygen atoms in total. The molecular formula is C16H16N2O2. The van der Waals surface area contributed by atoms with E-state index in [-0.39, 0.29) is 10.6 Å². The summed E-state index contributed by atoms with van der Waals surface area (Å²) >= 11 is 0. The summed E-state index contributed by atoms with van der Waals surface area (Å²) in [7, 11) is 3.72. The predicted octanol–water partition coefficient (Wildman–Crippen LogP) is 3.83. The molecule has 0 atom stereocenters. The lowest BCUT2D eigenvalue weighted by Gasteiger charge is -2.12. The third-order valence-electron chi connectivity index (χ3n) is 2.98. The molecule has 0 bridgehead atoms. The van der Waals surface area contributed by atoms with Crippen molar-refractivity contribution in [2.24, 2.45) is 0 Å². The number of anilines is 1. The summed E-state index contributed by atoms with van der Waals surface area (Å²) < 4.78 is 0. The maximum atomic E-state index is 11.2. The van der Waals surface area contributed by atoms with Crippen molar-refractivity contribution in [2.45, 2.75) is 0 Å². The van der Waals surface area contributed by atoms with Crippen molar-refractivity contribution in [1.82, 2.24) is 0 Å². The maximum Gasteiger partial charge on any atom is 0.278 e. The maximum absolute atomic E-state index is 11.2. The van der Waals surface area contributed by atoms with Gasteiger partial charge < -0.3 is 4.90 Å². The largest absolute Gasteiger partial charge is 0.377 e. The van der Waals surface area contributed by atoms with Crippen LogP contribution in [0.15, 0.2) is 48.5 Å². The van der Waals surface area contributed by atoms with Crippen LogP contribution in [0.25, 0.3) is 12.2 Å². The predicted molar refractivity (Wildman–Crippen MR) is 82.8 cm³/mol. The van der Waals surface area contributed by atoms with E-state index in [1.54, 1.807) is 18.2 Å². The Hall–Kier alpha value is -2.62. The molecule has 0 aliphatic carbocycles. The first-order valence-electron chi connectivity index (χ1n) is 6.27. The zero-order valence-electron chi connectivity index (χ0n) is 11.5. The van der Waals surface area contributed by atoms with Crippen LogP contribution in [0.2, 0.25) is 0 Å². The van der Waals surface area contributed by atoms with Crippen LogP contribution < -0.4 is 4.90 Å². The van der Waals surface area contributed by atoms with Gasteiger partial charge in [0.25, 0.3) is 5.69 Å². The standard InChI is InChI=1S/C16H16N2O2/c1-17(2)15-11-10-14(16(12-15)18(19)20)9-8-13-6-4-3-5-7-13/h3-12H,1-2H3. The van der Waals surface area contributed by atoms with Crippen molar-refractivity contribution in [1.29, 1.82) is 0 Å². The Morgan fingerprint density at radius 1 is 1.05 bits per heavy atom. The van der Waals surface area contributed by atoms with Gasteiger partial charge in [-0.15, -0.1) is 0 Å². The Morgan fingerprint density at radius 3 is 2.35 bits per heavy atom. The van der Waals surface area contributed by atoms with Crippen molar-refractivity contribution in [3.8, 4) is 0 Å². The van der Waals surface area contributed by atoms with Gasteiger partial charge in [0.1, 0.15) is 0 Å². The van der Waals surface area contributed by atoms with E-state index in [0.29, 0.717) is 5.56 Å². The molecule has 4 heteroatoms. The number of rotatable bonds is 4. The fourth-order valence-corrected chi connectivity index (χ4v) is 1.86. The van der Waals surface area contributed by atoms with Gasteiger partial charge in [0.2, 0.25) is 0 Å². The molecule has 0 spiro atoms. The molecule has 0 saturated heterocycles. The Morgan fingerprint density at radius 2 is 1.75 bits per heavy atom. The quantitative estimate of drug-likeness (QED) is 0.481. The van der Waals surface area contributed by atoms with Gasteiger partial charge in [-0.2, -0.15) is 0 Å². The summed E-state index contributed by atoms with van der Waals surface area (Å²) in [6.07, 6.45) is 3.64. The number of hydrogen-bond donors (Lipinski definition) is 0. The summed E-state index contributed by atoms with van der Waals surface area (Å²) in [5, 5.41) is 11.2. The summed E-state index contributed by atoms with van der Waals surface area (Å²) in [4.78, 5) is 12.7. The lowest BCUT2D eigenvalue weighted by molar-refractivity contribution is -0.385. The van der Waals surface area contributed by atoms with Crippen LogP contribution in [0, 0.1) is 10.1 Å². The monoisotopic (exact) mass is 268 g/mol. The van der Waals surface area contributed by atoms with Gasteiger partial charge in [-0.1, -0.05) is 36.4 Å². The number of benzene rings is 2. The normalized spacial score (nSPS) is 10.7. The van der Waals surface area contributed by atoms with Gasteiger partial charge in [0, 0.05) is 25.8 Å². The fourth-order valence-electron chi connectivity index (χ4n) is 1.86. The van der Waals surface area contributed by atoms with E-state index in [4.69, 9.17) is 0 Å². The molecule has 2 rings (SSSR count). The van der Waals surface area contributed by atoms with E-state index in [1.807, 2.05) is 61.5 Å². The van der Waals surface area contributed by atoms with Gasteiger partial charge in [0.15, 0.2) is 0 Å². The second-order valence-corrected chi connectivity index (χ2v) is 4.64. The van der Waals surface area contributed by atoms with E-state index in [1.165, 1.54) is 0 Å². The van der Waals surface area contributed by atoms with Crippen molar-refractivity contribution in [3.05, 3.63) is 69.8 Å². The summed E-state index contributed by atoms with van der Waals surface area (Å²) in [6.45, 7) is 0. The average Bonchev–Trinajstić information content (AvgIpc) is 2.45. The molecule has 0 aliphatic heterocycles. The zero-order valence-corrected chi connectivity index (χ0v) is 11.5. The summed E-state index contributed by atoms with van der Waals surface area (Å²) in [5.41, 5.74) is 2.54. The Labute approximate surface area is 118 Å². The number of nitrogens with zero attached hydrogens (tertiary/aromatic N) is 2. The molecule has 0 N–H and O–H groups in total. The first-order chi connectivity index (χ1) is 9.58. The highest BCUT2D eigenvalue weighted by Crippen LogP contribution is 2.26. The third kappa shape index (κ3) is 3.23. The van der Waals surface area contributed by atoms with Crippen LogP contribution >= 0.6 is 0 Å². The summed E-state index contributed by atoms with van der Waals surface area (Å²) in [6, 6.07) is 14.9. The van der Waals surface area contributed by atoms with Crippen LogP contribution in [0.5, 0.6) is 0 Å². The highest BCUT2D eigenvalue weighted by atomic mass is 16.6. The molecule has 102 valence electrons. The first kappa shape index (κ1) is 13.8. The van der Waals surface area contributed by atoms with Crippen molar-refractivity contribution < 1.29 is 4.92 Å². The molecular weight excluding hydrogens is 252 g/mol. The molecule has 20 heavy (non-hydrogen) atoms. The Bertz CT molecular complexity index is 634. The fraction of sp³-hybridized carbons (Fsp3) is 0.125. The first-order valence-corrected chi connectivity index (χ1v) is 6.27. The molecule has 0 aliphatic rings. The SMILES string of the molecule is CN(C)c1ccc(C=Cc2ccccc2)c([N+](=O)[O-])c1. The van der Waals surface area contributed by atoms with Crippen LogP contribution in [-0.2, 0) is 0 Å². The van der Waals surface area contributed by atoms with Gasteiger partial charge in [-0.05, 0) is 23.8 Å². The molecule has 0 aromatic heterocycles. The Kier molecular flexibility index (Phi) is 4.15. The van der Waals surface area contributed by atoms with E-state index in [9.17, 15) is 10.1 Å². The Balaban J connectivity index is 2.36. The lowest BCUT2D eigenvalue weighted by Crippen LogP contribution is -2.09. The third-order valence-corrected chi connectivity index (χ3v) is 2.98. The molecule has 0 amide bonds. The van der Waals surface area contributed by atoms with Gasteiger partial charge in [0.05, 0.1) is 10.5 Å². The smallest absolute Gasteiger partial charge is 0.278 e. The molecule has 0 saturated carbocycles. The van der Waals surface area contributed by atoms with Crippen molar-refractivity contribution in [2.75, 3.05) is 19.0 Å². The van der Waals surface area contributed by atoms with Crippen molar-refractivity contribution >= 4 is 23.5 Å². The molecule has 2 aromatic rings. The molecule has 0 unspecified atom stereocenters. The zero-order chi connectivity index (χ0) is 14.5. The topological polar surface area (TPSA) is 46.4 Å². The molecule has 0 heterocycles. The lowest BCUT2D eigenvalue weighted by atomic mass is 10.1. The van der Waals surface area contributed by atoms with Crippen LogP contribution in [0.3, 0.4) is 0 Å². The highest BCUT2D eigenvalue weighted by Gasteiger charge is 2.13. The minimum Gasteiger partial charge on any atom is -0.377 e. The minimum absolute atomic E-state index is 0.114. The van der Waals surface area contributed by atoms with Crippen molar-refractivity contribution in [3.63, 3.8) is 0 Å². The average molecular weight is 268 g/mol. The van der Waals surface area contributed by atoms with Gasteiger partial charge in [-0.3, -0.25) is 10.1 Å². The molecule has 2 aromatic carbocycles.